The minimum absolute atomic E-state index is 0.350. The monoisotopic (exact) mass is 160 g/mol. The smallest absolute Gasteiger partial charge is 0.330 e. The Hall–Kier alpha value is -0.760. The van der Waals surface area contributed by atoms with E-state index in [9.17, 15) is 4.79 Å². The first-order valence-corrected chi connectivity index (χ1v) is 3.35. The lowest BCUT2D eigenvalue weighted by Gasteiger charge is -1.92. The van der Waals surface area contributed by atoms with Crippen molar-refractivity contribution in [1.29, 1.82) is 0 Å². The molecule has 2 nitrogen and oxygen atoms in total. The van der Waals surface area contributed by atoms with Crippen LogP contribution in [0.25, 0.3) is 0 Å². The molecule has 0 rings (SSSR count). The van der Waals surface area contributed by atoms with Gasteiger partial charge < -0.3 is 4.74 Å². The molecule has 0 aromatic carbocycles. The van der Waals surface area contributed by atoms with Gasteiger partial charge in [0.15, 0.2) is 0 Å². The fraction of sp³-hybridized carbons (Fsp3) is 0.286. The third-order valence-corrected chi connectivity index (χ3v) is 0.848. The van der Waals surface area contributed by atoms with Crippen LogP contribution in [0.5, 0.6) is 0 Å². The number of halogens is 1. The summed E-state index contributed by atoms with van der Waals surface area (Å²) in [5.74, 6) is -0.350. The number of hydrogen-bond donors (Lipinski definition) is 0. The molecule has 0 saturated heterocycles. The van der Waals surface area contributed by atoms with Crippen molar-refractivity contribution in [2.75, 3.05) is 6.61 Å². The molecule has 0 radical (unpaired) electrons. The van der Waals surface area contributed by atoms with Crippen molar-refractivity contribution in [2.24, 2.45) is 0 Å². The minimum atomic E-state index is -0.350. The van der Waals surface area contributed by atoms with Crippen molar-refractivity contribution in [3.63, 3.8) is 0 Å². The Labute approximate surface area is 65.1 Å². The second-order valence-electron chi connectivity index (χ2n) is 1.43. The van der Waals surface area contributed by atoms with Crippen LogP contribution >= 0.6 is 11.6 Å². The number of carbonyl (C=O) groups is 1. The lowest BCUT2D eigenvalue weighted by Crippen LogP contribution is -1.98. The first kappa shape index (κ1) is 9.24. The standard InChI is InChI=1S/C7H9ClO2/c1-2-10-7(9)5-3-4-6-8/h3-6H,2H2,1H3/b5-3+,6-4-. The van der Waals surface area contributed by atoms with Gasteiger partial charge in [0, 0.05) is 11.6 Å². The van der Waals surface area contributed by atoms with Gasteiger partial charge in [-0.1, -0.05) is 23.8 Å². The van der Waals surface area contributed by atoms with E-state index in [1.807, 2.05) is 0 Å². The number of hydrogen-bond acceptors (Lipinski definition) is 2. The van der Waals surface area contributed by atoms with Gasteiger partial charge in [0.05, 0.1) is 6.61 Å². The van der Waals surface area contributed by atoms with Gasteiger partial charge in [0.1, 0.15) is 0 Å². The van der Waals surface area contributed by atoms with E-state index in [4.69, 9.17) is 11.6 Å². The van der Waals surface area contributed by atoms with Gasteiger partial charge in [-0.05, 0) is 6.92 Å². The highest BCUT2D eigenvalue weighted by Gasteiger charge is 1.89. The highest BCUT2D eigenvalue weighted by molar-refractivity contribution is 6.25. The van der Waals surface area contributed by atoms with Crippen LogP contribution in [0.4, 0.5) is 0 Å². The molecule has 0 aliphatic rings. The Morgan fingerprint density at radius 1 is 1.60 bits per heavy atom. The SMILES string of the molecule is CCOC(=O)/C=C/C=C\Cl. The number of allylic oxidation sites excluding steroid dienone is 2. The number of carbonyl (C=O) groups excluding carboxylic acids is 1. The lowest BCUT2D eigenvalue weighted by atomic mass is 10.5. The molecule has 0 aliphatic carbocycles. The van der Waals surface area contributed by atoms with E-state index in [2.05, 4.69) is 4.74 Å². The van der Waals surface area contributed by atoms with Gasteiger partial charge in [0.25, 0.3) is 0 Å². The number of rotatable bonds is 3. The van der Waals surface area contributed by atoms with Crippen molar-refractivity contribution >= 4 is 17.6 Å². The summed E-state index contributed by atoms with van der Waals surface area (Å²) in [4.78, 5) is 10.5. The van der Waals surface area contributed by atoms with E-state index >= 15 is 0 Å². The molecule has 0 aromatic rings. The fourth-order valence-electron chi connectivity index (χ4n) is 0.366. The maximum atomic E-state index is 10.5. The Morgan fingerprint density at radius 2 is 2.30 bits per heavy atom. The summed E-state index contributed by atoms with van der Waals surface area (Å²) in [5, 5.41) is 0. The molecule has 0 N–H and O–H groups in total. The summed E-state index contributed by atoms with van der Waals surface area (Å²) in [7, 11) is 0. The normalized spacial score (nSPS) is 11.0. The lowest BCUT2D eigenvalue weighted by molar-refractivity contribution is -0.137. The van der Waals surface area contributed by atoms with Crippen LogP contribution < -0.4 is 0 Å². The van der Waals surface area contributed by atoms with Crippen LogP contribution in [0, 0.1) is 0 Å². The van der Waals surface area contributed by atoms with Crippen LogP contribution in [-0.2, 0) is 9.53 Å². The molecule has 10 heavy (non-hydrogen) atoms. The maximum Gasteiger partial charge on any atom is 0.330 e. The summed E-state index contributed by atoms with van der Waals surface area (Å²) >= 11 is 5.18. The van der Waals surface area contributed by atoms with Crippen LogP contribution in [0.2, 0.25) is 0 Å². The Bertz CT molecular complexity index is 150. The fourth-order valence-corrected chi connectivity index (χ4v) is 0.450. The van der Waals surface area contributed by atoms with Crippen molar-refractivity contribution < 1.29 is 9.53 Å². The zero-order chi connectivity index (χ0) is 7.82. The van der Waals surface area contributed by atoms with E-state index in [-0.39, 0.29) is 5.97 Å². The molecule has 0 saturated carbocycles. The molecule has 0 bridgehead atoms. The summed E-state index contributed by atoms with van der Waals surface area (Å²) in [6.45, 7) is 2.15. The highest BCUT2D eigenvalue weighted by atomic mass is 35.5. The molecule has 56 valence electrons. The summed E-state index contributed by atoms with van der Waals surface area (Å²) < 4.78 is 4.59. The number of esters is 1. The van der Waals surface area contributed by atoms with Gasteiger partial charge in [-0.2, -0.15) is 0 Å². The Morgan fingerprint density at radius 3 is 2.80 bits per heavy atom. The molecular weight excluding hydrogens is 152 g/mol. The third kappa shape index (κ3) is 5.38. The van der Waals surface area contributed by atoms with E-state index in [0.29, 0.717) is 6.61 Å². The molecule has 0 unspecified atom stereocenters. The van der Waals surface area contributed by atoms with Crippen LogP contribution in [0.3, 0.4) is 0 Å². The first-order valence-electron chi connectivity index (χ1n) is 2.91. The average molecular weight is 161 g/mol. The van der Waals surface area contributed by atoms with Crippen LogP contribution in [0.1, 0.15) is 6.92 Å². The second kappa shape index (κ2) is 6.36. The topological polar surface area (TPSA) is 26.3 Å². The van der Waals surface area contributed by atoms with Crippen molar-refractivity contribution in [2.45, 2.75) is 6.92 Å². The largest absolute Gasteiger partial charge is 0.463 e. The van der Waals surface area contributed by atoms with Gasteiger partial charge in [-0.3, -0.25) is 0 Å². The molecule has 3 heteroatoms. The number of ether oxygens (including phenoxy) is 1. The van der Waals surface area contributed by atoms with Crippen molar-refractivity contribution in [1.82, 2.24) is 0 Å². The molecule has 0 atom stereocenters. The average Bonchev–Trinajstić information content (AvgIpc) is 1.89. The van der Waals surface area contributed by atoms with Crippen LogP contribution in [-0.4, -0.2) is 12.6 Å². The Balaban J connectivity index is 3.56. The van der Waals surface area contributed by atoms with Gasteiger partial charge in [-0.25, -0.2) is 4.79 Å². The summed E-state index contributed by atoms with van der Waals surface area (Å²) in [5.41, 5.74) is 1.32. The zero-order valence-corrected chi connectivity index (χ0v) is 6.47. The van der Waals surface area contributed by atoms with Crippen LogP contribution in [0.15, 0.2) is 23.8 Å². The summed E-state index contributed by atoms with van der Waals surface area (Å²) in [6, 6.07) is 0. The van der Waals surface area contributed by atoms with E-state index < -0.39 is 0 Å². The molecule has 0 amide bonds. The molecule has 0 aromatic heterocycles. The Kier molecular flexibility index (Phi) is 5.88. The highest BCUT2D eigenvalue weighted by Crippen LogP contribution is 1.84. The maximum absolute atomic E-state index is 10.5. The van der Waals surface area contributed by atoms with Gasteiger partial charge >= 0.3 is 5.97 Å². The minimum Gasteiger partial charge on any atom is -0.463 e. The molecule has 0 spiro atoms. The van der Waals surface area contributed by atoms with Crippen molar-refractivity contribution in [3.8, 4) is 0 Å². The van der Waals surface area contributed by atoms with E-state index in [1.54, 1.807) is 13.0 Å². The molecule has 0 heterocycles. The molecular formula is C7H9ClO2. The van der Waals surface area contributed by atoms with Crippen molar-refractivity contribution in [3.05, 3.63) is 23.8 Å². The second-order valence-corrected chi connectivity index (χ2v) is 1.68. The van der Waals surface area contributed by atoms with E-state index in [1.165, 1.54) is 17.7 Å². The van der Waals surface area contributed by atoms with E-state index in [0.717, 1.165) is 0 Å². The third-order valence-electron chi connectivity index (χ3n) is 0.703. The summed E-state index contributed by atoms with van der Waals surface area (Å²) in [6.07, 6.45) is 4.37. The first-order chi connectivity index (χ1) is 4.81. The molecule has 0 aliphatic heterocycles. The molecule has 0 fully saturated rings. The quantitative estimate of drug-likeness (QED) is 0.358. The van der Waals surface area contributed by atoms with Gasteiger partial charge in [0.2, 0.25) is 0 Å². The predicted octanol–water partition coefficient (Wildman–Crippen LogP) is 1.86. The zero-order valence-electron chi connectivity index (χ0n) is 5.71. The predicted molar refractivity (Wildman–Crippen MR) is 40.8 cm³/mol. The van der Waals surface area contributed by atoms with Gasteiger partial charge in [-0.15, -0.1) is 0 Å².